The molecule has 1 heterocycles. The SMILES string of the molecule is NC(CCCCNC1CCCSC1)=NO. The molecule has 15 heavy (non-hydrogen) atoms. The summed E-state index contributed by atoms with van der Waals surface area (Å²) in [4.78, 5) is 0. The van der Waals surface area contributed by atoms with E-state index in [4.69, 9.17) is 10.9 Å². The molecule has 0 aromatic rings. The van der Waals surface area contributed by atoms with Crippen LogP contribution in [0.3, 0.4) is 0 Å². The van der Waals surface area contributed by atoms with Gasteiger partial charge in [0.25, 0.3) is 0 Å². The molecular weight excluding hydrogens is 210 g/mol. The van der Waals surface area contributed by atoms with Gasteiger partial charge < -0.3 is 16.3 Å². The molecular formula is C10H21N3OS. The number of rotatable bonds is 6. The Morgan fingerprint density at radius 1 is 1.53 bits per heavy atom. The average molecular weight is 231 g/mol. The van der Waals surface area contributed by atoms with Gasteiger partial charge in [-0.15, -0.1) is 0 Å². The van der Waals surface area contributed by atoms with Crippen LogP contribution in [0, 0.1) is 0 Å². The zero-order chi connectivity index (χ0) is 10.9. The fourth-order valence-corrected chi connectivity index (χ4v) is 2.80. The minimum Gasteiger partial charge on any atom is -0.409 e. The second-order valence-electron chi connectivity index (χ2n) is 3.92. The summed E-state index contributed by atoms with van der Waals surface area (Å²) in [7, 11) is 0. The highest BCUT2D eigenvalue weighted by Gasteiger charge is 2.11. The molecule has 0 bridgehead atoms. The Kier molecular flexibility index (Phi) is 6.59. The van der Waals surface area contributed by atoms with Gasteiger partial charge >= 0.3 is 0 Å². The van der Waals surface area contributed by atoms with Crippen molar-refractivity contribution in [1.82, 2.24) is 5.32 Å². The Morgan fingerprint density at radius 3 is 3.07 bits per heavy atom. The van der Waals surface area contributed by atoms with Gasteiger partial charge in [-0.3, -0.25) is 0 Å². The number of oxime groups is 1. The lowest BCUT2D eigenvalue weighted by Gasteiger charge is -2.22. The van der Waals surface area contributed by atoms with Crippen LogP contribution in [0.5, 0.6) is 0 Å². The molecule has 0 spiro atoms. The Morgan fingerprint density at radius 2 is 2.40 bits per heavy atom. The first-order valence-electron chi connectivity index (χ1n) is 5.60. The zero-order valence-corrected chi connectivity index (χ0v) is 9.93. The molecule has 0 aromatic carbocycles. The minimum atomic E-state index is 0.336. The topological polar surface area (TPSA) is 70.6 Å². The van der Waals surface area contributed by atoms with Crippen molar-refractivity contribution in [1.29, 1.82) is 0 Å². The molecule has 1 aliphatic rings. The van der Waals surface area contributed by atoms with Crippen molar-refractivity contribution in [2.45, 2.75) is 38.1 Å². The molecule has 1 atom stereocenters. The van der Waals surface area contributed by atoms with E-state index in [0.29, 0.717) is 18.3 Å². The van der Waals surface area contributed by atoms with Crippen molar-refractivity contribution in [3.05, 3.63) is 0 Å². The Balaban J connectivity index is 1.92. The standard InChI is InChI=1S/C10H21N3OS/c11-10(13-14)5-1-2-6-12-9-4-3-7-15-8-9/h9,12,14H,1-8H2,(H2,11,13). The van der Waals surface area contributed by atoms with E-state index in [2.05, 4.69) is 10.5 Å². The van der Waals surface area contributed by atoms with E-state index in [1.54, 1.807) is 0 Å². The summed E-state index contributed by atoms with van der Waals surface area (Å²) in [5, 5.41) is 14.8. The molecule has 0 radical (unpaired) electrons. The van der Waals surface area contributed by atoms with Gasteiger partial charge in [-0.1, -0.05) is 5.16 Å². The average Bonchev–Trinajstić information content (AvgIpc) is 2.29. The number of unbranched alkanes of at least 4 members (excludes halogenated alkanes) is 1. The van der Waals surface area contributed by atoms with Crippen molar-refractivity contribution in [3.63, 3.8) is 0 Å². The fraction of sp³-hybridized carbons (Fsp3) is 0.900. The van der Waals surface area contributed by atoms with Crippen LogP contribution in [-0.2, 0) is 0 Å². The molecule has 1 fully saturated rings. The minimum absolute atomic E-state index is 0.336. The number of thioether (sulfide) groups is 1. The van der Waals surface area contributed by atoms with Crippen LogP contribution in [-0.4, -0.2) is 35.1 Å². The van der Waals surface area contributed by atoms with Crippen molar-refractivity contribution in [2.75, 3.05) is 18.1 Å². The third-order valence-electron chi connectivity index (χ3n) is 2.58. The summed E-state index contributed by atoms with van der Waals surface area (Å²) < 4.78 is 0. The van der Waals surface area contributed by atoms with Gasteiger partial charge in [0.1, 0.15) is 5.84 Å². The quantitative estimate of drug-likeness (QED) is 0.212. The molecule has 0 aliphatic carbocycles. The van der Waals surface area contributed by atoms with Gasteiger partial charge in [-0.05, 0) is 38.0 Å². The van der Waals surface area contributed by atoms with E-state index in [1.165, 1.54) is 24.3 Å². The maximum atomic E-state index is 8.34. The lowest BCUT2D eigenvalue weighted by Crippen LogP contribution is -2.34. The largest absolute Gasteiger partial charge is 0.409 e. The maximum Gasteiger partial charge on any atom is 0.139 e. The van der Waals surface area contributed by atoms with E-state index in [9.17, 15) is 0 Å². The van der Waals surface area contributed by atoms with Crippen LogP contribution < -0.4 is 11.1 Å². The summed E-state index contributed by atoms with van der Waals surface area (Å²) in [6, 6.07) is 0.701. The zero-order valence-electron chi connectivity index (χ0n) is 9.11. The fourth-order valence-electron chi connectivity index (χ4n) is 1.69. The first-order valence-corrected chi connectivity index (χ1v) is 6.76. The normalized spacial score (nSPS) is 22.9. The van der Waals surface area contributed by atoms with Crippen LogP contribution in [0.1, 0.15) is 32.1 Å². The third kappa shape index (κ3) is 5.89. The van der Waals surface area contributed by atoms with Crippen molar-refractivity contribution in [3.8, 4) is 0 Å². The molecule has 1 aliphatic heterocycles. The van der Waals surface area contributed by atoms with Crippen LogP contribution in [0.25, 0.3) is 0 Å². The van der Waals surface area contributed by atoms with Gasteiger partial charge in [0.05, 0.1) is 0 Å². The van der Waals surface area contributed by atoms with Gasteiger partial charge in [-0.25, -0.2) is 0 Å². The molecule has 0 amide bonds. The molecule has 88 valence electrons. The summed E-state index contributed by atoms with van der Waals surface area (Å²) in [6.07, 6.45) is 5.43. The lowest BCUT2D eigenvalue weighted by atomic mass is 10.1. The van der Waals surface area contributed by atoms with Crippen molar-refractivity contribution >= 4 is 17.6 Å². The highest BCUT2D eigenvalue weighted by atomic mass is 32.2. The molecule has 1 unspecified atom stereocenters. The van der Waals surface area contributed by atoms with Crippen LogP contribution in [0.15, 0.2) is 5.16 Å². The number of hydrogen-bond acceptors (Lipinski definition) is 4. The molecule has 5 heteroatoms. The Labute approximate surface area is 95.7 Å². The van der Waals surface area contributed by atoms with Crippen molar-refractivity contribution < 1.29 is 5.21 Å². The molecule has 1 saturated heterocycles. The summed E-state index contributed by atoms with van der Waals surface area (Å²) >= 11 is 2.04. The van der Waals surface area contributed by atoms with Crippen LogP contribution in [0.2, 0.25) is 0 Å². The molecule has 0 saturated carbocycles. The molecule has 0 aromatic heterocycles. The monoisotopic (exact) mass is 231 g/mol. The third-order valence-corrected chi connectivity index (χ3v) is 3.80. The molecule has 4 N–H and O–H groups in total. The summed E-state index contributed by atoms with van der Waals surface area (Å²) in [5.41, 5.74) is 5.37. The van der Waals surface area contributed by atoms with E-state index in [0.717, 1.165) is 19.4 Å². The number of hydrogen-bond donors (Lipinski definition) is 3. The van der Waals surface area contributed by atoms with E-state index >= 15 is 0 Å². The number of nitrogens with one attached hydrogen (secondary N) is 1. The van der Waals surface area contributed by atoms with E-state index < -0.39 is 0 Å². The highest BCUT2D eigenvalue weighted by molar-refractivity contribution is 7.99. The lowest BCUT2D eigenvalue weighted by molar-refractivity contribution is 0.316. The van der Waals surface area contributed by atoms with E-state index in [-0.39, 0.29) is 0 Å². The van der Waals surface area contributed by atoms with Crippen LogP contribution in [0.4, 0.5) is 0 Å². The van der Waals surface area contributed by atoms with Crippen LogP contribution >= 0.6 is 11.8 Å². The first kappa shape index (κ1) is 12.6. The smallest absolute Gasteiger partial charge is 0.139 e. The Bertz CT molecular complexity index is 193. The number of amidine groups is 1. The van der Waals surface area contributed by atoms with Gasteiger partial charge in [0.2, 0.25) is 0 Å². The van der Waals surface area contributed by atoms with E-state index in [1.807, 2.05) is 11.8 Å². The Hall–Kier alpha value is -0.420. The number of nitrogens with zero attached hydrogens (tertiary/aromatic N) is 1. The second-order valence-corrected chi connectivity index (χ2v) is 5.07. The van der Waals surface area contributed by atoms with Gasteiger partial charge in [-0.2, -0.15) is 11.8 Å². The van der Waals surface area contributed by atoms with Gasteiger partial charge in [0, 0.05) is 18.2 Å². The highest BCUT2D eigenvalue weighted by Crippen LogP contribution is 2.16. The number of nitrogens with two attached hydrogens (primary N) is 1. The predicted octanol–water partition coefficient (Wildman–Crippen LogP) is 1.39. The molecule has 4 nitrogen and oxygen atoms in total. The molecule has 1 rings (SSSR count). The predicted molar refractivity (Wildman–Crippen MR) is 65.6 cm³/mol. The maximum absolute atomic E-state index is 8.34. The summed E-state index contributed by atoms with van der Waals surface area (Å²) in [5.74, 6) is 2.91. The van der Waals surface area contributed by atoms with Gasteiger partial charge in [0.15, 0.2) is 0 Å². The summed E-state index contributed by atoms with van der Waals surface area (Å²) in [6.45, 7) is 1.05. The first-order chi connectivity index (χ1) is 7.33. The second kappa shape index (κ2) is 7.82. The van der Waals surface area contributed by atoms with Crippen molar-refractivity contribution in [2.24, 2.45) is 10.9 Å².